The first-order valence-electron chi connectivity index (χ1n) is 4.67. The summed E-state index contributed by atoms with van der Waals surface area (Å²) in [5, 5.41) is 9.79. The highest BCUT2D eigenvalue weighted by Crippen LogP contribution is 2.34. The lowest BCUT2D eigenvalue weighted by atomic mass is 9.96. The highest BCUT2D eigenvalue weighted by molar-refractivity contribution is 9.10. The lowest BCUT2D eigenvalue weighted by Crippen LogP contribution is -2.13. The van der Waals surface area contributed by atoms with Crippen molar-refractivity contribution in [3.8, 4) is 5.75 Å². The first-order valence-corrected chi connectivity index (χ1v) is 5.46. The van der Waals surface area contributed by atoms with Gasteiger partial charge in [-0.3, -0.25) is 4.79 Å². The molecular formula is C11H13BrO3. The second kappa shape index (κ2) is 5.16. The van der Waals surface area contributed by atoms with E-state index in [0.717, 1.165) is 0 Å². The van der Waals surface area contributed by atoms with Crippen LogP contribution in [0.3, 0.4) is 0 Å². The summed E-state index contributed by atoms with van der Waals surface area (Å²) < 4.78 is 5.27. The molecule has 0 spiro atoms. The highest BCUT2D eigenvalue weighted by Gasteiger charge is 2.22. The van der Waals surface area contributed by atoms with Gasteiger partial charge in [-0.05, 0) is 28.4 Å². The van der Waals surface area contributed by atoms with E-state index in [-0.39, 0.29) is 11.7 Å². The molecule has 1 atom stereocenters. The van der Waals surface area contributed by atoms with Crippen molar-refractivity contribution in [3.05, 3.63) is 28.2 Å². The van der Waals surface area contributed by atoms with Crippen LogP contribution in [0.2, 0.25) is 0 Å². The second-order valence-corrected chi connectivity index (χ2v) is 4.02. The number of carbonyl (C=O) groups is 1. The van der Waals surface area contributed by atoms with Crippen LogP contribution in [0.15, 0.2) is 22.7 Å². The quantitative estimate of drug-likeness (QED) is 0.861. The molecule has 1 aromatic rings. The van der Waals surface area contributed by atoms with Gasteiger partial charge in [-0.1, -0.05) is 19.1 Å². The molecule has 0 aromatic heterocycles. The summed E-state index contributed by atoms with van der Waals surface area (Å²) >= 11 is 3.21. The van der Waals surface area contributed by atoms with Gasteiger partial charge in [0.15, 0.2) is 0 Å². The first-order chi connectivity index (χ1) is 7.11. The molecular weight excluding hydrogens is 260 g/mol. The van der Waals surface area contributed by atoms with Crippen LogP contribution in [0.4, 0.5) is 0 Å². The van der Waals surface area contributed by atoms with Gasteiger partial charge >= 0.3 is 5.97 Å². The third-order valence-corrected chi connectivity index (χ3v) is 2.93. The molecule has 0 fully saturated rings. The van der Waals surface area contributed by atoms with E-state index >= 15 is 0 Å². The highest BCUT2D eigenvalue weighted by atomic mass is 79.9. The number of phenolic OH excluding ortho intramolecular Hbond substituents is 1. The zero-order chi connectivity index (χ0) is 11.4. The van der Waals surface area contributed by atoms with E-state index in [9.17, 15) is 9.90 Å². The van der Waals surface area contributed by atoms with E-state index in [4.69, 9.17) is 0 Å². The van der Waals surface area contributed by atoms with Gasteiger partial charge in [0, 0.05) is 5.56 Å². The normalized spacial score (nSPS) is 12.2. The molecule has 3 nitrogen and oxygen atoms in total. The Morgan fingerprint density at radius 1 is 1.60 bits per heavy atom. The minimum absolute atomic E-state index is 0.106. The average molecular weight is 273 g/mol. The first kappa shape index (κ1) is 12.0. The van der Waals surface area contributed by atoms with Gasteiger partial charge in [0.25, 0.3) is 0 Å². The van der Waals surface area contributed by atoms with Crippen molar-refractivity contribution in [2.24, 2.45) is 0 Å². The largest absolute Gasteiger partial charge is 0.506 e. The Labute approximate surface area is 97.2 Å². The van der Waals surface area contributed by atoms with Crippen molar-refractivity contribution in [1.82, 2.24) is 0 Å². The summed E-state index contributed by atoms with van der Waals surface area (Å²) in [5.74, 6) is -0.631. The number of carbonyl (C=O) groups excluding carboxylic acids is 1. The number of halogens is 1. The van der Waals surface area contributed by atoms with Crippen molar-refractivity contribution in [1.29, 1.82) is 0 Å². The number of benzene rings is 1. The van der Waals surface area contributed by atoms with Crippen LogP contribution in [0, 0.1) is 0 Å². The molecule has 0 aliphatic rings. The van der Waals surface area contributed by atoms with Crippen LogP contribution in [-0.2, 0) is 9.53 Å². The molecule has 4 heteroatoms. The monoisotopic (exact) mass is 272 g/mol. The van der Waals surface area contributed by atoms with E-state index in [0.29, 0.717) is 16.5 Å². The van der Waals surface area contributed by atoms with E-state index in [1.807, 2.05) is 6.92 Å². The van der Waals surface area contributed by atoms with Crippen molar-refractivity contribution >= 4 is 21.9 Å². The van der Waals surface area contributed by atoms with Crippen LogP contribution >= 0.6 is 15.9 Å². The molecule has 82 valence electrons. The van der Waals surface area contributed by atoms with Crippen molar-refractivity contribution in [2.75, 3.05) is 7.11 Å². The summed E-state index contributed by atoms with van der Waals surface area (Å²) in [5.41, 5.74) is 0.596. The second-order valence-electron chi connectivity index (χ2n) is 3.16. The molecule has 1 unspecified atom stereocenters. The summed E-state index contributed by atoms with van der Waals surface area (Å²) in [6, 6.07) is 5.23. The maximum atomic E-state index is 11.5. The minimum atomic E-state index is -0.410. The van der Waals surface area contributed by atoms with Gasteiger partial charge in [-0.15, -0.1) is 0 Å². The predicted molar refractivity (Wildman–Crippen MR) is 60.9 cm³/mol. The van der Waals surface area contributed by atoms with Crippen LogP contribution in [-0.4, -0.2) is 18.2 Å². The predicted octanol–water partition coefficient (Wildman–Crippen LogP) is 2.82. The maximum Gasteiger partial charge on any atom is 0.313 e. The summed E-state index contributed by atoms with van der Waals surface area (Å²) in [6.07, 6.45) is 0.594. The number of aromatic hydroxyl groups is 1. The van der Waals surface area contributed by atoms with Crippen LogP contribution in [0.1, 0.15) is 24.8 Å². The molecule has 0 bridgehead atoms. The minimum Gasteiger partial charge on any atom is -0.506 e. The van der Waals surface area contributed by atoms with Gasteiger partial charge in [0.2, 0.25) is 0 Å². The van der Waals surface area contributed by atoms with Gasteiger partial charge in [-0.25, -0.2) is 0 Å². The molecule has 0 saturated heterocycles. The Bertz CT molecular complexity index is 363. The number of para-hydroxylation sites is 1. The Morgan fingerprint density at radius 3 is 2.80 bits per heavy atom. The third kappa shape index (κ3) is 2.50. The molecule has 15 heavy (non-hydrogen) atoms. The molecule has 0 amide bonds. The van der Waals surface area contributed by atoms with Gasteiger partial charge in [0.1, 0.15) is 5.75 Å². The fraction of sp³-hybridized carbons (Fsp3) is 0.364. The zero-order valence-electron chi connectivity index (χ0n) is 8.66. The summed E-state index contributed by atoms with van der Waals surface area (Å²) in [4.78, 5) is 11.5. The standard InChI is InChI=1S/C11H13BrO3/c1-3-7(11(14)15-2)8-5-4-6-9(12)10(8)13/h4-7,13H,3H2,1-2H3. The molecule has 1 rings (SSSR count). The van der Waals surface area contributed by atoms with Crippen molar-refractivity contribution in [2.45, 2.75) is 19.3 Å². The Balaban J connectivity index is 3.12. The number of ether oxygens (including phenoxy) is 1. The number of methoxy groups -OCH3 is 1. The van der Waals surface area contributed by atoms with Crippen molar-refractivity contribution in [3.63, 3.8) is 0 Å². The third-order valence-electron chi connectivity index (χ3n) is 2.29. The van der Waals surface area contributed by atoms with Crippen LogP contribution in [0.25, 0.3) is 0 Å². The summed E-state index contributed by atoms with van der Waals surface area (Å²) in [6.45, 7) is 1.88. The number of hydrogen-bond acceptors (Lipinski definition) is 3. The molecule has 1 N–H and O–H groups in total. The van der Waals surface area contributed by atoms with Gasteiger partial charge in [0.05, 0.1) is 17.5 Å². The van der Waals surface area contributed by atoms with E-state index < -0.39 is 5.92 Å². The number of hydrogen-bond donors (Lipinski definition) is 1. The summed E-state index contributed by atoms with van der Waals surface area (Å²) in [7, 11) is 1.35. The van der Waals surface area contributed by atoms with E-state index in [1.54, 1.807) is 18.2 Å². The Morgan fingerprint density at radius 2 is 2.27 bits per heavy atom. The molecule has 0 radical (unpaired) electrons. The molecule has 0 saturated carbocycles. The fourth-order valence-corrected chi connectivity index (χ4v) is 1.85. The Hall–Kier alpha value is -1.03. The lowest BCUT2D eigenvalue weighted by Gasteiger charge is -2.14. The zero-order valence-corrected chi connectivity index (χ0v) is 10.2. The maximum absolute atomic E-state index is 11.5. The smallest absolute Gasteiger partial charge is 0.313 e. The average Bonchev–Trinajstić information content (AvgIpc) is 2.24. The fourth-order valence-electron chi connectivity index (χ4n) is 1.47. The molecule has 0 heterocycles. The van der Waals surface area contributed by atoms with Gasteiger partial charge < -0.3 is 9.84 Å². The molecule has 0 aliphatic carbocycles. The van der Waals surface area contributed by atoms with Crippen molar-refractivity contribution < 1.29 is 14.6 Å². The van der Waals surface area contributed by atoms with Crippen LogP contribution in [0.5, 0.6) is 5.75 Å². The van der Waals surface area contributed by atoms with Gasteiger partial charge in [-0.2, -0.15) is 0 Å². The Kier molecular flexibility index (Phi) is 4.15. The molecule has 1 aromatic carbocycles. The number of rotatable bonds is 3. The SMILES string of the molecule is CCC(C(=O)OC)c1cccc(Br)c1O. The molecule has 0 aliphatic heterocycles. The van der Waals surface area contributed by atoms with E-state index in [2.05, 4.69) is 20.7 Å². The van der Waals surface area contributed by atoms with Crippen LogP contribution < -0.4 is 0 Å². The lowest BCUT2D eigenvalue weighted by molar-refractivity contribution is -0.142. The number of esters is 1. The number of phenols is 1. The topological polar surface area (TPSA) is 46.5 Å². The van der Waals surface area contributed by atoms with E-state index in [1.165, 1.54) is 7.11 Å².